The second-order valence-corrected chi connectivity index (χ2v) is 4.48. The fourth-order valence-corrected chi connectivity index (χ4v) is 1.90. The van der Waals surface area contributed by atoms with E-state index in [-0.39, 0.29) is 0 Å². The molecule has 0 aliphatic heterocycles. The summed E-state index contributed by atoms with van der Waals surface area (Å²) in [5, 5.41) is 3.35. The fraction of sp³-hybridized carbons (Fsp3) is 0.312. The summed E-state index contributed by atoms with van der Waals surface area (Å²) in [6, 6.07) is 12.4. The SMILES string of the molecule is CCOCc1ccccc1CNc1cc(C)ccn1. The van der Waals surface area contributed by atoms with E-state index in [0.29, 0.717) is 6.61 Å². The van der Waals surface area contributed by atoms with Gasteiger partial charge >= 0.3 is 0 Å². The van der Waals surface area contributed by atoms with E-state index in [1.54, 1.807) is 0 Å². The molecule has 3 heteroatoms. The molecule has 19 heavy (non-hydrogen) atoms. The van der Waals surface area contributed by atoms with E-state index >= 15 is 0 Å². The van der Waals surface area contributed by atoms with Crippen LogP contribution >= 0.6 is 0 Å². The number of aromatic nitrogens is 1. The Hall–Kier alpha value is -1.87. The van der Waals surface area contributed by atoms with E-state index < -0.39 is 0 Å². The molecule has 2 rings (SSSR count). The van der Waals surface area contributed by atoms with Crippen molar-refractivity contribution in [2.45, 2.75) is 27.0 Å². The van der Waals surface area contributed by atoms with Gasteiger partial charge in [0, 0.05) is 19.3 Å². The standard InChI is InChI=1S/C16H20N2O/c1-3-19-12-15-7-5-4-6-14(15)11-18-16-10-13(2)8-9-17-16/h4-10H,3,11-12H2,1-2H3,(H,17,18). The van der Waals surface area contributed by atoms with Gasteiger partial charge in [0.05, 0.1) is 6.61 Å². The van der Waals surface area contributed by atoms with E-state index in [0.717, 1.165) is 19.0 Å². The van der Waals surface area contributed by atoms with Gasteiger partial charge in [-0.1, -0.05) is 24.3 Å². The lowest BCUT2D eigenvalue weighted by Crippen LogP contribution is -2.05. The number of benzene rings is 1. The van der Waals surface area contributed by atoms with Crippen molar-refractivity contribution >= 4 is 5.82 Å². The van der Waals surface area contributed by atoms with Crippen LogP contribution in [0.5, 0.6) is 0 Å². The average molecular weight is 256 g/mol. The van der Waals surface area contributed by atoms with Gasteiger partial charge in [-0.2, -0.15) is 0 Å². The highest BCUT2D eigenvalue weighted by Crippen LogP contribution is 2.13. The minimum Gasteiger partial charge on any atom is -0.377 e. The third-order valence-electron chi connectivity index (χ3n) is 2.96. The maximum Gasteiger partial charge on any atom is 0.126 e. The molecular formula is C16H20N2O. The first-order valence-corrected chi connectivity index (χ1v) is 6.60. The maximum absolute atomic E-state index is 5.49. The zero-order chi connectivity index (χ0) is 13.5. The summed E-state index contributed by atoms with van der Waals surface area (Å²) in [6.45, 7) is 6.24. The summed E-state index contributed by atoms with van der Waals surface area (Å²) in [5.41, 5.74) is 3.68. The third kappa shape index (κ3) is 4.07. The monoisotopic (exact) mass is 256 g/mol. The number of nitrogens with one attached hydrogen (secondary N) is 1. The lowest BCUT2D eigenvalue weighted by molar-refractivity contribution is 0.133. The number of ether oxygens (including phenoxy) is 1. The van der Waals surface area contributed by atoms with E-state index in [1.807, 2.05) is 31.3 Å². The molecule has 0 fully saturated rings. The van der Waals surface area contributed by atoms with Gasteiger partial charge in [0.2, 0.25) is 0 Å². The van der Waals surface area contributed by atoms with Crippen molar-refractivity contribution < 1.29 is 4.74 Å². The average Bonchev–Trinajstić information content (AvgIpc) is 2.44. The maximum atomic E-state index is 5.49. The largest absolute Gasteiger partial charge is 0.377 e. The Kier molecular flexibility index (Phi) is 4.93. The summed E-state index contributed by atoms with van der Waals surface area (Å²) in [5.74, 6) is 0.909. The van der Waals surface area contributed by atoms with Crippen LogP contribution in [0.25, 0.3) is 0 Å². The topological polar surface area (TPSA) is 34.1 Å². The predicted octanol–water partition coefficient (Wildman–Crippen LogP) is 3.54. The van der Waals surface area contributed by atoms with Crippen LogP contribution < -0.4 is 5.32 Å². The summed E-state index contributed by atoms with van der Waals surface area (Å²) in [4.78, 5) is 4.30. The van der Waals surface area contributed by atoms with Crippen molar-refractivity contribution in [2.24, 2.45) is 0 Å². The number of hydrogen-bond acceptors (Lipinski definition) is 3. The van der Waals surface area contributed by atoms with Crippen LogP contribution in [-0.2, 0) is 17.9 Å². The smallest absolute Gasteiger partial charge is 0.126 e. The number of nitrogens with zero attached hydrogens (tertiary/aromatic N) is 1. The molecule has 0 amide bonds. The van der Waals surface area contributed by atoms with Gasteiger partial charge in [0.25, 0.3) is 0 Å². The van der Waals surface area contributed by atoms with Crippen LogP contribution in [-0.4, -0.2) is 11.6 Å². The van der Waals surface area contributed by atoms with Crippen LogP contribution in [0.4, 0.5) is 5.82 Å². The van der Waals surface area contributed by atoms with Crippen molar-refractivity contribution in [3.63, 3.8) is 0 Å². The van der Waals surface area contributed by atoms with Gasteiger partial charge in [0.1, 0.15) is 5.82 Å². The van der Waals surface area contributed by atoms with E-state index in [1.165, 1.54) is 16.7 Å². The lowest BCUT2D eigenvalue weighted by Gasteiger charge is -2.11. The van der Waals surface area contributed by atoms with Gasteiger partial charge in [-0.05, 0) is 42.7 Å². The normalized spacial score (nSPS) is 10.4. The minimum atomic E-state index is 0.662. The fourth-order valence-electron chi connectivity index (χ4n) is 1.90. The van der Waals surface area contributed by atoms with E-state index in [2.05, 4.69) is 35.4 Å². The molecule has 3 nitrogen and oxygen atoms in total. The Morgan fingerprint density at radius 2 is 1.95 bits per heavy atom. The molecule has 0 radical (unpaired) electrons. The van der Waals surface area contributed by atoms with Crippen LogP contribution in [0.15, 0.2) is 42.6 Å². The Morgan fingerprint density at radius 3 is 2.68 bits per heavy atom. The van der Waals surface area contributed by atoms with E-state index in [9.17, 15) is 0 Å². The summed E-state index contributed by atoms with van der Waals surface area (Å²) in [6.07, 6.45) is 1.82. The highest BCUT2D eigenvalue weighted by molar-refractivity contribution is 5.39. The Bertz CT molecular complexity index is 526. The molecule has 1 N–H and O–H groups in total. The van der Waals surface area contributed by atoms with Crippen molar-refractivity contribution in [1.82, 2.24) is 4.98 Å². The molecule has 1 heterocycles. The van der Waals surface area contributed by atoms with Crippen LogP contribution in [0, 0.1) is 6.92 Å². The van der Waals surface area contributed by atoms with Crippen LogP contribution in [0.2, 0.25) is 0 Å². The highest BCUT2D eigenvalue weighted by atomic mass is 16.5. The van der Waals surface area contributed by atoms with Crippen LogP contribution in [0.3, 0.4) is 0 Å². The number of rotatable bonds is 6. The molecule has 0 saturated carbocycles. The number of pyridine rings is 1. The summed E-state index contributed by atoms with van der Waals surface area (Å²) < 4.78 is 5.49. The molecule has 0 bridgehead atoms. The first-order valence-electron chi connectivity index (χ1n) is 6.60. The number of anilines is 1. The predicted molar refractivity (Wildman–Crippen MR) is 78.1 cm³/mol. The first-order chi connectivity index (χ1) is 9.29. The van der Waals surface area contributed by atoms with Crippen molar-refractivity contribution in [3.8, 4) is 0 Å². The quantitative estimate of drug-likeness (QED) is 0.858. The molecule has 2 aromatic rings. The van der Waals surface area contributed by atoms with Gasteiger partial charge in [0.15, 0.2) is 0 Å². The molecule has 0 unspecified atom stereocenters. The van der Waals surface area contributed by atoms with Crippen molar-refractivity contribution in [1.29, 1.82) is 0 Å². The Balaban J connectivity index is 2.02. The minimum absolute atomic E-state index is 0.662. The number of aryl methyl sites for hydroxylation is 1. The molecule has 0 atom stereocenters. The van der Waals surface area contributed by atoms with Gasteiger partial charge < -0.3 is 10.1 Å². The van der Waals surface area contributed by atoms with Gasteiger partial charge in [-0.3, -0.25) is 0 Å². The van der Waals surface area contributed by atoms with Crippen molar-refractivity contribution in [2.75, 3.05) is 11.9 Å². The first kappa shape index (κ1) is 13.6. The highest BCUT2D eigenvalue weighted by Gasteiger charge is 2.02. The Morgan fingerprint density at radius 1 is 1.16 bits per heavy atom. The second-order valence-electron chi connectivity index (χ2n) is 4.48. The Labute approximate surface area is 114 Å². The zero-order valence-corrected chi connectivity index (χ0v) is 11.5. The van der Waals surface area contributed by atoms with E-state index in [4.69, 9.17) is 4.74 Å². The molecular weight excluding hydrogens is 236 g/mol. The van der Waals surface area contributed by atoms with Crippen LogP contribution in [0.1, 0.15) is 23.6 Å². The summed E-state index contributed by atoms with van der Waals surface area (Å²) in [7, 11) is 0. The van der Waals surface area contributed by atoms with Crippen molar-refractivity contribution in [3.05, 3.63) is 59.3 Å². The van der Waals surface area contributed by atoms with Gasteiger partial charge in [-0.15, -0.1) is 0 Å². The third-order valence-corrected chi connectivity index (χ3v) is 2.96. The molecule has 0 aliphatic rings. The molecule has 0 saturated heterocycles. The summed E-state index contributed by atoms with van der Waals surface area (Å²) >= 11 is 0. The molecule has 1 aromatic carbocycles. The molecule has 0 spiro atoms. The second kappa shape index (κ2) is 6.90. The van der Waals surface area contributed by atoms with Gasteiger partial charge in [-0.25, -0.2) is 4.98 Å². The zero-order valence-electron chi connectivity index (χ0n) is 11.5. The molecule has 0 aliphatic carbocycles. The molecule has 100 valence electrons. The molecule has 1 aromatic heterocycles. The lowest BCUT2D eigenvalue weighted by atomic mass is 10.1. The number of hydrogen-bond donors (Lipinski definition) is 1.